The molecule has 3 rings (SSSR count). The average Bonchev–Trinajstić information content (AvgIpc) is 3.56. The molecule has 6 heteroatoms. The maximum absolute atomic E-state index is 5.41. The van der Waals surface area contributed by atoms with Gasteiger partial charge in [0.2, 0.25) is 0 Å². The van der Waals surface area contributed by atoms with Crippen LogP contribution in [0.1, 0.15) is 45.4 Å². The third-order valence-electron chi connectivity index (χ3n) is 5.62. The Morgan fingerprint density at radius 3 is 2.32 bits per heavy atom. The smallest absolute Gasteiger partial charge is 0.191 e. The summed E-state index contributed by atoms with van der Waals surface area (Å²) < 4.78 is 10.8. The Kier molecular flexibility index (Phi) is 7.69. The number of nitrogens with zero attached hydrogens (tertiary/aromatic N) is 2. The first-order valence-electron chi connectivity index (χ1n) is 10.7. The molecule has 0 bridgehead atoms. The molecule has 2 N–H and O–H groups in total. The third-order valence-corrected chi connectivity index (χ3v) is 5.62. The highest BCUT2D eigenvalue weighted by atomic mass is 16.5. The molecule has 1 aromatic rings. The van der Waals surface area contributed by atoms with Crippen molar-refractivity contribution < 1.29 is 9.47 Å². The van der Waals surface area contributed by atoms with Gasteiger partial charge in [-0.05, 0) is 38.5 Å². The van der Waals surface area contributed by atoms with E-state index in [2.05, 4.69) is 34.6 Å². The molecule has 28 heavy (non-hydrogen) atoms. The molecule has 0 radical (unpaired) electrons. The topological polar surface area (TPSA) is 58.1 Å². The van der Waals surface area contributed by atoms with Gasteiger partial charge >= 0.3 is 0 Å². The quantitative estimate of drug-likeness (QED) is 0.386. The van der Waals surface area contributed by atoms with E-state index in [9.17, 15) is 0 Å². The molecule has 0 unspecified atom stereocenters. The molecule has 1 aromatic carbocycles. The summed E-state index contributed by atoms with van der Waals surface area (Å²) >= 11 is 0. The Morgan fingerprint density at radius 2 is 1.75 bits per heavy atom. The fourth-order valence-corrected chi connectivity index (χ4v) is 3.75. The molecule has 2 aliphatic rings. The molecular weight excluding hydrogens is 352 g/mol. The molecule has 0 amide bonds. The van der Waals surface area contributed by atoms with Gasteiger partial charge < -0.3 is 25.0 Å². The van der Waals surface area contributed by atoms with Crippen LogP contribution < -0.4 is 25.0 Å². The van der Waals surface area contributed by atoms with Crippen LogP contribution in [-0.2, 0) is 0 Å². The molecule has 0 spiro atoms. The number of guanidine groups is 1. The molecule has 6 nitrogen and oxygen atoms in total. The van der Waals surface area contributed by atoms with Gasteiger partial charge in [-0.1, -0.05) is 12.8 Å². The fourth-order valence-electron chi connectivity index (χ4n) is 3.75. The second-order valence-electron chi connectivity index (χ2n) is 7.82. The molecule has 0 aromatic heterocycles. The minimum atomic E-state index is 0.463. The standard InChI is InChI=1S/C22H36N4O2/c1-4-23-22(24-11-5-6-17-7-8-17)25-18-9-12-26(13-10-18)19-14-20(27-2)16-21(15-19)28-3/h14-18H,4-13H2,1-3H3,(H2,23,24,25). The SMILES string of the molecule is CCNC(=NCCCC1CC1)NC1CCN(c2cc(OC)cc(OC)c2)CC1. The Hall–Kier alpha value is -2.11. The first-order chi connectivity index (χ1) is 13.7. The number of ether oxygens (including phenoxy) is 2. The molecule has 156 valence electrons. The second kappa shape index (κ2) is 10.4. The molecule has 0 atom stereocenters. The Balaban J connectivity index is 1.49. The number of hydrogen-bond acceptors (Lipinski definition) is 4. The summed E-state index contributed by atoms with van der Waals surface area (Å²) in [6, 6.07) is 6.55. The van der Waals surface area contributed by atoms with E-state index in [0.29, 0.717) is 6.04 Å². The van der Waals surface area contributed by atoms with Crippen molar-refractivity contribution in [2.45, 2.75) is 51.5 Å². The first-order valence-corrected chi connectivity index (χ1v) is 10.7. The number of piperidine rings is 1. The minimum Gasteiger partial charge on any atom is -0.497 e. The lowest BCUT2D eigenvalue weighted by Crippen LogP contribution is -2.48. The van der Waals surface area contributed by atoms with Crippen LogP contribution in [0.25, 0.3) is 0 Å². The van der Waals surface area contributed by atoms with Gasteiger partial charge in [-0.2, -0.15) is 0 Å². The average molecular weight is 389 g/mol. The number of nitrogens with one attached hydrogen (secondary N) is 2. The largest absolute Gasteiger partial charge is 0.497 e. The highest BCUT2D eigenvalue weighted by Crippen LogP contribution is 2.33. The molecule has 1 saturated heterocycles. The normalized spacial score (nSPS) is 18.1. The maximum atomic E-state index is 5.41. The molecule has 1 heterocycles. The van der Waals surface area contributed by atoms with Crippen LogP contribution in [0.15, 0.2) is 23.2 Å². The predicted octanol–water partition coefficient (Wildman–Crippen LogP) is 3.42. The van der Waals surface area contributed by atoms with Crippen LogP contribution in [0.3, 0.4) is 0 Å². The van der Waals surface area contributed by atoms with Crippen molar-refractivity contribution in [1.82, 2.24) is 10.6 Å². The van der Waals surface area contributed by atoms with Gasteiger partial charge in [0.05, 0.1) is 14.2 Å². The number of aliphatic imine (C=N–C) groups is 1. The van der Waals surface area contributed by atoms with Crippen molar-refractivity contribution >= 4 is 11.6 Å². The van der Waals surface area contributed by atoms with Gasteiger partial charge in [-0.25, -0.2) is 0 Å². The zero-order chi connectivity index (χ0) is 19.8. The summed E-state index contributed by atoms with van der Waals surface area (Å²) in [6.45, 7) is 5.97. The Labute approximate surface area is 169 Å². The van der Waals surface area contributed by atoms with Gasteiger partial charge in [0.25, 0.3) is 0 Å². The highest BCUT2D eigenvalue weighted by Gasteiger charge is 2.22. The van der Waals surface area contributed by atoms with Gasteiger partial charge in [-0.15, -0.1) is 0 Å². The number of benzene rings is 1. The zero-order valence-electron chi connectivity index (χ0n) is 17.7. The van der Waals surface area contributed by atoms with E-state index < -0.39 is 0 Å². The molecule has 1 aliphatic carbocycles. The monoisotopic (exact) mass is 388 g/mol. The van der Waals surface area contributed by atoms with Crippen molar-refractivity contribution in [3.63, 3.8) is 0 Å². The lowest BCUT2D eigenvalue weighted by molar-refractivity contribution is 0.393. The van der Waals surface area contributed by atoms with Crippen LogP contribution in [0.5, 0.6) is 11.5 Å². The molecule has 1 saturated carbocycles. The van der Waals surface area contributed by atoms with Crippen LogP contribution in [0.4, 0.5) is 5.69 Å². The lowest BCUT2D eigenvalue weighted by atomic mass is 10.0. The van der Waals surface area contributed by atoms with Crippen molar-refractivity contribution in [3.05, 3.63) is 18.2 Å². The summed E-state index contributed by atoms with van der Waals surface area (Å²) in [5.74, 6) is 3.63. The van der Waals surface area contributed by atoms with Crippen molar-refractivity contribution in [2.75, 3.05) is 45.3 Å². The molecule has 2 fully saturated rings. The van der Waals surface area contributed by atoms with Crippen LogP contribution in [-0.4, -0.2) is 52.4 Å². The third kappa shape index (κ3) is 6.21. The van der Waals surface area contributed by atoms with Crippen molar-refractivity contribution in [2.24, 2.45) is 10.9 Å². The number of hydrogen-bond donors (Lipinski definition) is 2. The number of rotatable bonds is 9. The Bertz CT molecular complexity index is 615. The van der Waals surface area contributed by atoms with E-state index in [1.807, 2.05) is 6.07 Å². The minimum absolute atomic E-state index is 0.463. The zero-order valence-corrected chi connectivity index (χ0v) is 17.7. The molecular formula is C22H36N4O2. The summed E-state index contributed by atoms with van der Waals surface area (Å²) in [5.41, 5.74) is 1.16. The van der Waals surface area contributed by atoms with Gasteiger partial charge in [-0.3, -0.25) is 4.99 Å². The van der Waals surface area contributed by atoms with Crippen LogP contribution in [0.2, 0.25) is 0 Å². The second-order valence-corrected chi connectivity index (χ2v) is 7.82. The van der Waals surface area contributed by atoms with E-state index in [-0.39, 0.29) is 0 Å². The first kappa shape index (κ1) is 20.6. The van der Waals surface area contributed by atoms with E-state index in [1.54, 1.807) is 14.2 Å². The summed E-state index contributed by atoms with van der Waals surface area (Å²) in [7, 11) is 3.39. The molecule has 1 aliphatic heterocycles. The fraction of sp³-hybridized carbons (Fsp3) is 0.682. The predicted molar refractivity (Wildman–Crippen MR) is 116 cm³/mol. The van der Waals surface area contributed by atoms with Gasteiger partial charge in [0, 0.05) is 56.1 Å². The highest BCUT2D eigenvalue weighted by molar-refractivity contribution is 5.80. The Morgan fingerprint density at radius 1 is 1.07 bits per heavy atom. The lowest BCUT2D eigenvalue weighted by Gasteiger charge is -2.34. The van der Waals surface area contributed by atoms with Gasteiger partial charge in [0.1, 0.15) is 11.5 Å². The maximum Gasteiger partial charge on any atom is 0.191 e. The van der Waals surface area contributed by atoms with Crippen molar-refractivity contribution in [1.29, 1.82) is 0 Å². The number of anilines is 1. The van der Waals surface area contributed by atoms with Crippen LogP contribution in [0, 0.1) is 5.92 Å². The van der Waals surface area contributed by atoms with Crippen LogP contribution >= 0.6 is 0 Å². The van der Waals surface area contributed by atoms with Crippen molar-refractivity contribution in [3.8, 4) is 11.5 Å². The number of methoxy groups -OCH3 is 2. The summed E-state index contributed by atoms with van der Waals surface area (Å²) in [5, 5.41) is 7.04. The van der Waals surface area contributed by atoms with Gasteiger partial charge in [0.15, 0.2) is 5.96 Å². The van der Waals surface area contributed by atoms with E-state index in [0.717, 1.165) is 68.1 Å². The van der Waals surface area contributed by atoms with E-state index >= 15 is 0 Å². The van der Waals surface area contributed by atoms with E-state index in [4.69, 9.17) is 14.5 Å². The summed E-state index contributed by atoms with van der Waals surface area (Å²) in [6.07, 6.45) is 7.58. The summed E-state index contributed by atoms with van der Waals surface area (Å²) in [4.78, 5) is 7.18. The van der Waals surface area contributed by atoms with E-state index in [1.165, 1.54) is 25.7 Å².